The Morgan fingerprint density at radius 2 is 1.76 bits per heavy atom. The molecule has 10 nitrogen and oxygen atoms in total. The van der Waals surface area contributed by atoms with Crippen molar-refractivity contribution in [2.45, 2.75) is 24.2 Å². The fourth-order valence-electron chi connectivity index (χ4n) is 3.34. The Hall–Kier alpha value is -3.44. The first-order valence-corrected chi connectivity index (χ1v) is 11.7. The van der Waals surface area contributed by atoms with Crippen LogP contribution in [0.2, 0.25) is 0 Å². The monoisotopic (exact) mass is 475 g/mol. The van der Waals surface area contributed by atoms with Gasteiger partial charge in [0.15, 0.2) is 0 Å². The predicted octanol–water partition coefficient (Wildman–Crippen LogP) is 1.92. The summed E-state index contributed by atoms with van der Waals surface area (Å²) in [5, 5.41) is 2.72. The van der Waals surface area contributed by atoms with E-state index in [0.717, 1.165) is 4.90 Å². The van der Waals surface area contributed by atoms with Crippen LogP contribution in [0, 0.1) is 0 Å². The normalized spacial score (nSPS) is 13.8. The largest absolute Gasteiger partial charge is 0.495 e. The molecule has 1 heterocycles. The lowest BCUT2D eigenvalue weighted by molar-refractivity contribution is -0.121. The quantitative estimate of drug-likeness (QED) is 0.396. The van der Waals surface area contributed by atoms with E-state index in [1.54, 1.807) is 19.2 Å². The number of hydrogen-bond acceptors (Lipinski definition) is 7. The number of para-hydroxylation sites is 1. The van der Waals surface area contributed by atoms with Crippen molar-refractivity contribution < 1.29 is 32.3 Å². The van der Waals surface area contributed by atoms with Gasteiger partial charge < -0.3 is 14.8 Å². The van der Waals surface area contributed by atoms with E-state index in [9.17, 15) is 22.8 Å². The molecular weight excluding hydrogens is 450 g/mol. The maximum Gasteiger partial charge on any atom is 0.261 e. The summed E-state index contributed by atoms with van der Waals surface area (Å²) in [6, 6.07) is 10.1. The highest BCUT2D eigenvalue weighted by atomic mass is 32.2. The Balaban J connectivity index is 1.89. The lowest BCUT2D eigenvalue weighted by Crippen LogP contribution is -2.29. The summed E-state index contributed by atoms with van der Waals surface area (Å²) in [7, 11) is -1.24. The van der Waals surface area contributed by atoms with Crippen molar-refractivity contribution in [3.05, 3.63) is 48.0 Å². The van der Waals surface area contributed by atoms with Gasteiger partial charge in [0.1, 0.15) is 5.75 Å². The minimum atomic E-state index is -4.17. The molecule has 0 saturated carbocycles. The molecule has 0 aliphatic carbocycles. The molecule has 0 radical (unpaired) electrons. The number of ether oxygens (including phenoxy) is 2. The number of rotatable bonds is 10. The molecule has 0 unspecified atom stereocenters. The maximum absolute atomic E-state index is 13.1. The zero-order valence-corrected chi connectivity index (χ0v) is 19.1. The summed E-state index contributed by atoms with van der Waals surface area (Å²) in [6.07, 6.45) is 0.701. The van der Waals surface area contributed by atoms with Crippen LogP contribution in [0.3, 0.4) is 0 Å². The van der Waals surface area contributed by atoms with Crippen molar-refractivity contribution in [1.82, 2.24) is 5.32 Å². The summed E-state index contributed by atoms with van der Waals surface area (Å²) >= 11 is 0. The van der Waals surface area contributed by atoms with Crippen LogP contribution < -0.4 is 19.7 Å². The molecule has 3 amide bonds. The number of methoxy groups -OCH3 is 2. The third kappa shape index (κ3) is 5.49. The number of benzene rings is 2. The SMILES string of the molecule is COCCCNC(=O)c1ccccc1NS(=O)(=O)c1ccc(OC)c(N2C(=O)CCC2=O)c1. The molecule has 1 fully saturated rings. The third-order valence-electron chi connectivity index (χ3n) is 4.98. The van der Waals surface area contributed by atoms with Gasteiger partial charge in [-0.2, -0.15) is 0 Å². The average Bonchev–Trinajstić information content (AvgIpc) is 3.14. The molecule has 1 saturated heterocycles. The summed E-state index contributed by atoms with van der Waals surface area (Å²) in [4.78, 5) is 37.7. The van der Waals surface area contributed by atoms with Gasteiger partial charge in [0.25, 0.3) is 15.9 Å². The molecule has 33 heavy (non-hydrogen) atoms. The first-order valence-electron chi connectivity index (χ1n) is 10.2. The first-order chi connectivity index (χ1) is 15.8. The molecule has 2 N–H and O–H groups in total. The van der Waals surface area contributed by atoms with Gasteiger partial charge in [-0.05, 0) is 36.8 Å². The molecule has 176 valence electrons. The molecule has 11 heteroatoms. The number of carbonyl (C=O) groups is 3. The van der Waals surface area contributed by atoms with Crippen molar-refractivity contribution >= 4 is 39.1 Å². The number of nitrogens with one attached hydrogen (secondary N) is 2. The van der Waals surface area contributed by atoms with Gasteiger partial charge in [0.05, 0.1) is 28.9 Å². The topological polar surface area (TPSA) is 131 Å². The van der Waals surface area contributed by atoms with Gasteiger partial charge in [-0.3, -0.25) is 19.1 Å². The minimum Gasteiger partial charge on any atom is -0.495 e. The number of sulfonamides is 1. The molecule has 0 spiro atoms. The Bertz CT molecular complexity index is 1150. The molecule has 2 aromatic carbocycles. The Morgan fingerprint density at radius 3 is 2.42 bits per heavy atom. The van der Waals surface area contributed by atoms with Crippen LogP contribution in [0.15, 0.2) is 47.4 Å². The van der Waals surface area contributed by atoms with E-state index in [4.69, 9.17) is 9.47 Å². The Kier molecular flexibility index (Phi) is 7.67. The van der Waals surface area contributed by atoms with Crippen LogP contribution >= 0.6 is 0 Å². The third-order valence-corrected chi connectivity index (χ3v) is 6.34. The van der Waals surface area contributed by atoms with Gasteiger partial charge in [0.2, 0.25) is 11.8 Å². The van der Waals surface area contributed by atoms with Crippen molar-refractivity contribution in [2.24, 2.45) is 0 Å². The number of carbonyl (C=O) groups excluding carboxylic acids is 3. The van der Waals surface area contributed by atoms with Crippen LogP contribution in [0.4, 0.5) is 11.4 Å². The maximum atomic E-state index is 13.1. The zero-order valence-electron chi connectivity index (χ0n) is 18.3. The average molecular weight is 476 g/mol. The van der Waals surface area contributed by atoms with E-state index in [0.29, 0.717) is 19.6 Å². The number of anilines is 2. The van der Waals surface area contributed by atoms with Crippen molar-refractivity contribution in [3.63, 3.8) is 0 Å². The second-order valence-corrected chi connectivity index (χ2v) is 8.89. The summed E-state index contributed by atoms with van der Waals surface area (Å²) in [6.45, 7) is 0.851. The van der Waals surface area contributed by atoms with Gasteiger partial charge in [0, 0.05) is 33.1 Å². The lowest BCUT2D eigenvalue weighted by Gasteiger charge is -2.19. The molecule has 0 aromatic heterocycles. The highest BCUT2D eigenvalue weighted by molar-refractivity contribution is 7.92. The Morgan fingerprint density at radius 1 is 1.06 bits per heavy atom. The van der Waals surface area contributed by atoms with E-state index in [1.165, 1.54) is 37.4 Å². The van der Waals surface area contributed by atoms with Gasteiger partial charge in [-0.15, -0.1) is 0 Å². The van der Waals surface area contributed by atoms with E-state index >= 15 is 0 Å². The highest BCUT2D eigenvalue weighted by Gasteiger charge is 2.33. The van der Waals surface area contributed by atoms with Gasteiger partial charge >= 0.3 is 0 Å². The van der Waals surface area contributed by atoms with E-state index < -0.39 is 27.7 Å². The lowest BCUT2D eigenvalue weighted by atomic mass is 10.1. The van der Waals surface area contributed by atoms with Crippen LogP contribution in [0.1, 0.15) is 29.6 Å². The Labute approximate surface area is 191 Å². The second-order valence-electron chi connectivity index (χ2n) is 7.21. The van der Waals surface area contributed by atoms with Crippen LogP contribution in [-0.4, -0.2) is 53.5 Å². The van der Waals surface area contributed by atoms with Gasteiger partial charge in [-0.25, -0.2) is 13.3 Å². The summed E-state index contributed by atoms with van der Waals surface area (Å²) in [5.74, 6) is -1.12. The fraction of sp³-hybridized carbons (Fsp3) is 0.318. The van der Waals surface area contributed by atoms with Crippen molar-refractivity contribution in [3.8, 4) is 5.75 Å². The standard InChI is InChI=1S/C22H25N3O7S/c1-31-13-5-12-23-22(28)16-6-3-4-7-17(16)24-33(29,30)15-8-9-19(32-2)18(14-15)25-20(26)10-11-21(25)27/h3-4,6-9,14,24H,5,10-13H2,1-2H3,(H,23,28). The van der Waals surface area contributed by atoms with Gasteiger partial charge in [-0.1, -0.05) is 12.1 Å². The molecular formula is C22H25N3O7S. The molecule has 3 rings (SSSR count). The zero-order chi connectivity index (χ0) is 24.0. The highest BCUT2D eigenvalue weighted by Crippen LogP contribution is 2.34. The molecule has 0 bridgehead atoms. The van der Waals surface area contributed by atoms with Crippen molar-refractivity contribution in [1.29, 1.82) is 0 Å². The molecule has 2 aromatic rings. The van der Waals surface area contributed by atoms with E-state index in [-0.39, 0.29) is 40.4 Å². The number of imide groups is 1. The van der Waals surface area contributed by atoms with Crippen LogP contribution in [0.5, 0.6) is 5.75 Å². The summed E-state index contributed by atoms with van der Waals surface area (Å²) < 4.78 is 38.8. The van der Waals surface area contributed by atoms with Crippen LogP contribution in [0.25, 0.3) is 0 Å². The first kappa shape index (κ1) is 24.2. The van der Waals surface area contributed by atoms with E-state index in [1.807, 2.05) is 0 Å². The molecule has 1 aliphatic heterocycles. The smallest absolute Gasteiger partial charge is 0.261 e. The fourth-order valence-corrected chi connectivity index (χ4v) is 4.44. The van der Waals surface area contributed by atoms with Crippen LogP contribution in [-0.2, 0) is 24.3 Å². The number of amides is 3. The summed E-state index contributed by atoms with van der Waals surface area (Å²) in [5.41, 5.74) is 0.293. The predicted molar refractivity (Wildman–Crippen MR) is 121 cm³/mol. The van der Waals surface area contributed by atoms with E-state index in [2.05, 4.69) is 10.0 Å². The molecule has 1 aliphatic rings. The number of hydrogen-bond donors (Lipinski definition) is 2. The molecule has 0 atom stereocenters. The van der Waals surface area contributed by atoms with Crippen molar-refractivity contribution in [2.75, 3.05) is 37.0 Å². The number of nitrogens with zero attached hydrogens (tertiary/aromatic N) is 1. The second kappa shape index (κ2) is 10.5. The minimum absolute atomic E-state index is 0.0457.